The van der Waals surface area contributed by atoms with Crippen molar-refractivity contribution in [1.29, 1.82) is 5.41 Å². The first kappa shape index (κ1) is 21.0. The average Bonchev–Trinajstić information content (AvgIpc) is 3.10. The van der Waals surface area contributed by atoms with E-state index in [0.29, 0.717) is 22.2 Å². The van der Waals surface area contributed by atoms with E-state index in [-0.39, 0.29) is 5.91 Å². The van der Waals surface area contributed by atoms with Crippen LogP contribution in [0.25, 0.3) is 0 Å². The first-order chi connectivity index (χ1) is 14.4. The summed E-state index contributed by atoms with van der Waals surface area (Å²) in [5.41, 5.74) is 3.67. The summed E-state index contributed by atoms with van der Waals surface area (Å²) in [6, 6.07) is 11.4. The Morgan fingerprint density at radius 1 is 1.20 bits per heavy atom. The highest BCUT2D eigenvalue weighted by Gasteiger charge is 2.23. The molecule has 0 aromatic heterocycles. The zero-order chi connectivity index (χ0) is 21.3. The number of piperazine rings is 1. The van der Waals surface area contributed by atoms with Crippen molar-refractivity contribution < 1.29 is 9.00 Å². The fourth-order valence-electron chi connectivity index (χ4n) is 4.05. The molecule has 1 fully saturated rings. The first-order valence-corrected chi connectivity index (χ1v) is 12.0. The van der Waals surface area contributed by atoms with Crippen LogP contribution < -0.4 is 5.32 Å². The van der Waals surface area contributed by atoms with Crippen molar-refractivity contribution in [2.45, 2.75) is 17.7 Å². The highest BCUT2D eigenvalue weighted by Crippen LogP contribution is 2.30. The van der Waals surface area contributed by atoms with Crippen LogP contribution in [0.3, 0.4) is 0 Å². The molecule has 2 aromatic rings. The highest BCUT2D eigenvalue weighted by molar-refractivity contribution is 7.84. The molecule has 4 rings (SSSR count). The third kappa shape index (κ3) is 4.43. The summed E-state index contributed by atoms with van der Waals surface area (Å²) in [7, 11) is -1.12. The number of hydrogen-bond donors (Lipinski definition) is 2. The van der Waals surface area contributed by atoms with Crippen molar-refractivity contribution in [2.75, 3.05) is 44.3 Å². The van der Waals surface area contributed by atoms with Crippen molar-refractivity contribution in [3.63, 3.8) is 0 Å². The van der Waals surface area contributed by atoms with Gasteiger partial charge in [0.15, 0.2) is 0 Å². The van der Waals surface area contributed by atoms with Crippen LogP contribution in [0, 0.1) is 5.41 Å². The Bertz CT molecular complexity index is 1020. The molecule has 2 aliphatic rings. The predicted molar refractivity (Wildman–Crippen MR) is 121 cm³/mol. The fourth-order valence-corrected chi connectivity index (χ4v) is 5.05. The van der Waals surface area contributed by atoms with Crippen molar-refractivity contribution >= 4 is 39.8 Å². The minimum absolute atomic E-state index is 0.0188. The minimum atomic E-state index is -1.12. The lowest BCUT2D eigenvalue weighted by Gasteiger charge is -2.36. The smallest absolute Gasteiger partial charge is 0.228 e. The van der Waals surface area contributed by atoms with Crippen molar-refractivity contribution in [2.24, 2.45) is 0 Å². The van der Waals surface area contributed by atoms with E-state index in [1.54, 1.807) is 6.26 Å². The molecule has 6 nitrogen and oxygen atoms in total. The predicted octanol–water partition coefficient (Wildman–Crippen LogP) is 2.76. The van der Waals surface area contributed by atoms with Gasteiger partial charge in [0, 0.05) is 60.1 Å². The number of carbonyl (C=O) groups excluding carboxylic acids is 1. The molecule has 2 N–H and O–H groups in total. The molecule has 0 bridgehead atoms. The monoisotopic (exact) mass is 444 g/mol. The number of halogens is 1. The molecular weight excluding hydrogens is 420 g/mol. The molecule has 2 heterocycles. The number of fused-ring (bicyclic) bond motifs is 1. The SMILES string of the molecule is CS(=O)c1ccccc1C(=N)N1CCN(CCc2cc3c(cc2Cl)NC(=O)C3)CC1. The highest BCUT2D eigenvalue weighted by atomic mass is 35.5. The summed E-state index contributed by atoms with van der Waals surface area (Å²) in [5.74, 6) is 0.463. The van der Waals surface area contributed by atoms with E-state index in [1.807, 2.05) is 36.4 Å². The average molecular weight is 445 g/mol. The molecule has 0 radical (unpaired) electrons. The molecule has 2 aliphatic heterocycles. The number of carbonyl (C=O) groups is 1. The second kappa shape index (κ2) is 8.88. The second-order valence-corrected chi connectivity index (χ2v) is 9.46. The zero-order valence-corrected chi connectivity index (χ0v) is 18.5. The van der Waals surface area contributed by atoms with Gasteiger partial charge in [-0.25, -0.2) is 0 Å². The quantitative estimate of drug-likeness (QED) is 0.549. The largest absolute Gasteiger partial charge is 0.354 e. The lowest BCUT2D eigenvalue weighted by molar-refractivity contribution is -0.115. The summed E-state index contributed by atoms with van der Waals surface area (Å²) < 4.78 is 12.0. The van der Waals surface area contributed by atoms with Crippen molar-refractivity contribution in [1.82, 2.24) is 9.80 Å². The molecule has 1 saturated heterocycles. The van der Waals surface area contributed by atoms with Gasteiger partial charge in [-0.1, -0.05) is 35.9 Å². The van der Waals surface area contributed by atoms with Crippen LogP contribution in [0.2, 0.25) is 5.02 Å². The third-order valence-corrected chi connectivity index (χ3v) is 7.06. The number of nitrogens with zero attached hydrogens (tertiary/aromatic N) is 2. The zero-order valence-electron chi connectivity index (χ0n) is 16.9. The summed E-state index contributed by atoms with van der Waals surface area (Å²) in [6.07, 6.45) is 2.90. The van der Waals surface area contributed by atoms with E-state index in [0.717, 1.165) is 61.5 Å². The maximum Gasteiger partial charge on any atom is 0.228 e. The van der Waals surface area contributed by atoms with Gasteiger partial charge in [0.2, 0.25) is 5.91 Å². The van der Waals surface area contributed by atoms with Crippen LogP contribution in [0.15, 0.2) is 41.3 Å². The number of amides is 1. The van der Waals surface area contributed by atoms with Gasteiger partial charge in [-0.2, -0.15) is 0 Å². The fraction of sp³-hybridized carbons (Fsp3) is 0.364. The summed E-state index contributed by atoms with van der Waals surface area (Å²) in [6.45, 7) is 4.14. The van der Waals surface area contributed by atoms with E-state index in [1.165, 1.54) is 0 Å². The number of rotatable bonds is 5. The molecule has 0 spiro atoms. The lowest BCUT2D eigenvalue weighted by Crippen LogP contribution is -2.49. The van der Waals surface area contributed by atoms with E-state index in [9.17, 15) is 9.00 Å². The standard InChI is InChI=1S/C22H25ClN4O2S/c1-30(29)20-5-3-2-4-17(20)22(24)27-10-8-26(9-11-27)7-6-15-12-16-13-21(28)25-19(16)14-18(15)23/h2-5,12,14,24H,6-11,13H2,1H3,(H,25,28). The maximum absolute atomic E-state index is 12.0. The Morgan fingerprint density at radius 3 is 2.67 bits per heavy atom. The Morgan fingerprint density at radius 2 is 1.93 bits per heavy atom. The van der Waals surface area contributed by atoms with Crippen LogP contribution in [0.4, 0.5) is 5.69 Å². The number of amidine groups is 1. The molecule has 2 aromatic carbocycles. The van der Waals surface area contributed by atoms with Gasteiger partial charge in [0.25, 0.3) is 0 Å². The summed E-state index contributed by atoms with van der Waals surface area (Å²) in [5, 5.41) is 12.1. The molecule has 1 amide bonds. The number of hydrogen-bond acceptors (Lipinski definition) is 4. The minimum Gasteiger partial charge on any atom is -0.354 e. The Hall–Kier alpha value is -2.22. The molecule has 158 valence electrons. The number of nitrogens with one attached hydrogen (secondary N) is 2. The van der Waals surface area contributed by atoms with Crippen LogP contribution in [-0.4, -0.2) is 64.7 Å². The van der Waals surface area contributed by atoms with E-state index in [4.69, 9.17) is 17.0 Å². The molecule has 1 atom stereocenters. The van der Waals surface area contributed by atoms with Crippen LogP contribution in [0.1, 0.15) is 16.7 Å². The van der Waals surface area contributed by atoms with Gasteiger partial charge in [-0.15, -0.1) is 0 Å². The van der Waals surface area contributed by atoms with Gasteiger partial charge in [0.1, 0.15) is 5.84 Å². The van der Waals surface area contributed by atoms with E-state index >= 15 is 0 Å². The van der Waals surface area contributed by atoms with Crippen LogP contribution in [-0.2, 0) is 28.4 Å². The van der Waals surface area contributed by atoms with Gasteiger partial charge in [0.05, 0.1) is 17.2 Å². The Labute approximate surface area is 184 Å². The van der Waals surface area contributed by atoms with Gasteiger partial charge in [-0.3, -0.25) is 19.3 Å². The van der Waals surface area contributed by atoms with Crippen molar-refractivity contribution in [3.8, 4) is 0 Å². The molecule has 0 saturated carbocycles. The summed E-state index contributed by atoms with van der Waals surface area (Å²) >= 11 is 6.42. The number of benzene rings is 2. The van der Waals surface area contributed by atoms with Crippen LogP contribution in [0.5, 0.6) is 0 Å². The molecule has 0 aliphatic carbocycles. The van der Waals surface area contributed by atoms with Crippen LogP contribution >= 0.6 is 11.6 Å². The van der Waals surface area contributed by atoms with Gasteiger partial charge >= 0.3 is 0 Å². The van der Waals surface area contributed by atoms with E-state index < -0.39 is 10.8 Å². The Kier molecular flexibility index (Phi) is 6.22. The first-order valence-electron chi connectivity index (χ1n) is 10.0. The van der Waals surface area contributed by atoms with Gasteiger partial charge in [-0.05, 0) is 29.7 Å². The van der Waals surface area contributed by atoms with Crippen molar-refractivity contribution in [3.05, 3.63) is 58.1 Å². The summed E-state index contributed by atoms with van der Waals surface area (Å²) in [4.78, 5) is 16.7. The second-order valence-electron chi connectivity index (χ2n) is 7.70. The normalized spacial score (nSPS) is 17.5. The maximum atomic E-state index is 12.0. The van der Waals surface area contributed by atoms with Gasteiger partial charge < -0.3 is 10.2 Å². The van der Waals surface area contributed by atoms with E-state index in [2.05, 4.69) is 15.1 Å². The molecule has 30 heavy (non-hydrogen) atoms. The Balaban J connectivity index is 1.34. The lowest BCUT2D eigenvalue weighted by atomic mass is 10.1. The number of anilines is 1. The molecule has 1 unspecified atom stereocenters. The topological polar surface area (TPSA) is 76.5 Å². The molecular formula is C22H25ClN4O2S. The molecule has 8 heteroatoms. The third-order valence-electron chi connectivity index (χ3n) is 5.74.